The lowest BCUT2D eigenvalue weighted by atomic mass is 10.2. The highest BCUT2D eigenvalue weighted by molar-refractivity contribution is 9.10. The number of benzene rings is 6. The summed E-state index contributed by atoms with van der Waals surface area (Å²) >= 11 is 19.0. The molecular formula is C63H72BrClFNO2S7. The lowest BCUT2D eigenvalue weighted by Crippen LogP contribution is -1.70. The van der Waals surface area contributed by atoms with E-state index < -0.39 is 11.6 Å². The first-order valence-electron chi connectivity index (χ1n) is 25.2. The van der Waals surface area contributed by atoms with Gasteiger partial charge < -0.3 is 0 Å². The van der Waals surface area contributed by atoms with Gasteiger partial charge in [0.1, 0.15) is 5.82 Å². The molecule has 12 rings (SSSR count). The number of hydrogen-bond acceptors (Lipinski definition) is 8. The van der Waals surface area contributed by atoms with Crippen LogP contribution in [0.15, 0.2) is 182 Å². The lowest BCUT2D eigenvalue weighted by molar-refractivity contribution is 0.630. The molecule has 0 aliphatic rings. The Morgan fingerprint density at radius 1 is 0.434 bits per heavy atom. The Labute approximate surface area is 494 Å². The van der Waals surface area contributed by atoms with Gasteiger partial charge in [0.15, 0.2) is 5.69 Å². The van der Waals surface area contributed by atoms with Crippen LogP contribution >= 0.6 is 95.6 Å². The average molecular weight is 1230 g/mol. The lowest BCUT2D eigenvalue weighted by Gasteiger charge is -1.89. The summed E-state index contributed by atoms with van der Waals surface area (Å²) in [6.45, 7) is 35.0. The molecule has 12 aromatic rings. The van der Waals surface area contributed by atoms with Crippen LogP contribution in [0.2, 0.25) is 5.02 Å². The van der Waals surface area contributed by atoms with Crippen molar-refractivity contribution in [2.24, 2.45) is 0 Å². The predicted octanol–water partition coefficient (Wildman–Crippen LogP) is 25.6. The van der Waals surface area contributed by atoms with E-state index in [-0.39, 0.29) is 5.82 Å². The van der Waals surface area contributed by atoms with Crippen LogP contribution in [0.5, 0.6) is 0 Å². The standard InChI is InChI=1S/C9H5NS.2C9H8S.C8H5BrS.C8H5ClS.C8H5FS.6C2H6.O2S/c1-10-8-2-3-9-7(6-8)4-5-11-9;2*1-7-2-3-9-8(6-7)4-5-10-9;3*9-7-2-1-3-8-6(7)4-5-10-8;6*1-2;1-3-2/h2-6H;2*2-6H,1H3;3*1-5H;6*1-2H3;. The van der Waals surface area contributed by atoms with Crippen molar-refractivity contribution < 1.29 is 12.8 Å². The van der Waals surface area contributed by atoms with Gasteiger partial charge in [0.25, 0.3) is 0 Å². The van der Waals surface area contributed by atoms with Crippen LogP contribution in [-0.4, -0.2) is 8.42 Å². The first-order chi connectivity index (χ1) is 37.2. The second-order valence-corrected chi connectivity index (χ2v) is 20.5. The largest absolute Gasteiger partial charge is 0.335 e. The van der Waals surface area contributed by atoms with Gasteiger partial charge in [0.05, 0.1) is 6.57 Å². The number of fused-ring (bicyclic) bond motifs is 6. The number of hydrogen-bond donors (Lipinski definition) is 0. The van der Waals surface area contributed by atoms with Crippen molar-refractivity contribution in [3.8, 4) is 0 Å². The van der Waals surface area contributed by atoms with Gasteiger partial charge in [-0.15, -0.1) is 68.0 Å². The van der Waals surface area contributed by atoms with Gasteiger partial charge in [-0.3, -0.25) is 0 Å². The third kappa shape index (κ3) is 24.6. The van der Waals surface area contributed by atoms with Crippen LogP contribution in [0, 0.1) is 26.2 Å². The molecule has 0 fully saturated rings. The Kier molecular flexibility index (Phi) is 41.3. The number of nitrogens with zero attached hydrogens (tertiary/aromatic N) is 1. The molecule has 0 aliphatic heterocycles. The highest BCUT2D eigenvalue weighted by atomic mass is 79.9. The molecule has 0 aliphatic carbocycles. The van der Waals surface area contributed by atoms with Crippen LogP contribution in [0.25, 0.3) is 65.4 Å². The fraction of sp³-hybridized carbons (Fsp3) is 0.222. The molecule has 0 bridgehead atoms. The van der Waals surface area contributed by atoms with Gasteiger partial charge in [0.2, 0.25) is 0 Å². The summed E-state index contributed by atoms with van der Waals surface area (Å²) in [6, 6.07) is 48.5. The molecule has 0 unspecified atom stereocenters. The van der Waals surface area contributed by atoms with Crippen molar-refractivity contribution >= 4 is 173 Å². The minimum absolute atomic E-state index is 0.126. The van der Waals surface area contributed by atoms with Crippen LogP contribution in [0.3, 0.4) is 0 Å². The highest BCUT2D eigenvalue weighted by Crippen LogP contribution is 2.29. The predicted molar refractivity (Wildman–Crippen MR) is 356 cm³/mol. The van der Waals surface area contributed by atoms with Crippen LogP contribution < -0.4 is 0 Å². The smallest absolute Gasteiger partial charge is 0.238 e. The summed E-state index contributed by atoms with van der Waals surface area (Å²) in [5, 5.41) is 20.3. The number of aryl methyl sites for hydroxylation is 2. The first-order valence-corrected chi connectivity index (χ1v) is 32.3. The zero-order valence-corrected chi connectivity index (χ0v) is 54.1. The second kappa shape index (κ2) is 44.1. The monoisotopic (exact) mass is 1230 g/mol. The first kappa shape index (κ1) is 71.1. The van der Waals surface area contributed by atoms with Gasteiger partial charge in [-0.25, -0.2) is 9.24 Å². The Morgan fingerprint density at radius 3 is 1.20 bits per heavy atom. The van der Waals surface area contributed by atoms with Crippen molar-refractivity contribution in [3.63, 3.8) is 0 Å². The zero-order valence-electron chi connectivity index (χ0n) is 46.1. The zero-order chi connectivity index (χ0) is 57.3. The van der Waals surface area contributed by atoms with E-state index in [1.807, 2.05) is 142 Å². The molecule has 404 valence electrons. The molecular weight excluding hydrogens is 1160 g/mol. The van der Waals surface area contributed by atoms with Crippen LogP contribution in [0.1, 0.15) is 94.2 Å². The molecule has 6 heterocycles. The molecule has 0 N–H and O–H groups in total. The van der Waals surface area contributed by atoms with Gasteiger partial charge in [0, 0.05) is 53.9 Å². The van der Waals surface area contributed by atoms with Crippen molar-refractivity contribution in [2.75, 3.05) is 0 Å². The van der Waals surface area contributed by atoms with E-state index in [0.717, 1.165) is 26.2 Å². The molecule has 3 nitrogen and oxygen atoms in total. The molecule has 0 saturated heterocycles. The van der Waals surface area contributed by atoms with Gasteiger partial charge in [-0.2, -0.15) is 8.42 Å². The fourth-order valence-corrected chi connectivity index (χ4v) is 11.7. The Morgan fingerprint density at radius 2 is 0.776 bits per heavy atom. The Hall–Kier alpha value is -4.91. The molecule has 13 heteroatoms. The maximum Gasteiger partial charge on any atom is 0.335 e. The highest BCUT2D eigenvalue weighted by Gasteiger charge is 2.00. The topological polar surface area (TPSA) is 38.5 Å². The number of halogens is 3. The van der Waals surface area contributed by atoms with Gasteiger partial charge in [-0.05, 0) is 153 Å². The maximum absolute atomic E-state index is 12.8. The van der Waals surface area contributed by atoms with Crippen molar-refractivity contribution in [2.45, 2.75) is 96.9 Å². The van der Waals surface area contributed by atoms with E-state index in [1.54, 1.807) is 80.2 Å². The van der Waals surface area contributed by atoms with E-state index >= 15 is 0 Å². The Bertz CT molecular complexity index is 3200. The summed E-state index contributed by atoms with van der Waals surface area (Å²) in [4.78, 5) is 3.35. The molecule has 76 heavy (non-hydrogen) atoms. The fourth-order valence-electron chi connectivity index (χ4n) is 6.07. The van der Waals surface area contributed by atoms with E-state index in [4.69, 9.17) is 26.6 Å². The number of rotatable bonds is 0. The SMILES string of the molecule is Brc1cccc2sccc12.CC.CC.CC.CC.CC.CC.Cc1ccc2sccc2c1.Cc1ccc2sccc2c1.Clc1cccc2sccc12.Fc1cccc2sccc12.O=S=O.[C-]#[N+]c1ccc2sccc2c1. The van der Waals surface area contributed by atoms with E-state index in [2.05, 4.69) is 135 Å². The van der Waals surface area contributed by atoms with Crippen molar-refractivity contribution in [1.29, 1.82) is 0 Å². The summed E-state index contributed by atoms with van der Waals surface area (Å²) in [6.07, 6.45) is 0. The molecule has 6 aromatic heterocycles. The van der Waals surface area contributed by atoms with E-state index in [0.29, 0.717) is 0 Å². The van der Waals surface area contributed by atoms with Gasteiger partial charge >= 0.3 is 11.6 Å². The third-order valence-electron chi connectivity index (χ3n) is 9.11. The molecule has 6 aromatic carbocycles. The van der Waals surface area contributed by atoms with Crippen LogP contribution in [-0.2, 0) is 11.6 Å². The van der Waals surface area contributed by atoms with Crippen molar-refractivity contribution in [1.82, 2.24) is 0 Å². The quantitative estimate of drug-likeness (QED) is 0.142. The second-order valence-electron chi connectivity index (χ2n) is 13.5. The van der Waals surface area contributed by atoms with E-state index in [1.165, 1.54) is 66.7 Å². The summed E-state index contributed by atoms with van der Waals surface area (Å²) < 4.78 is 38.2. The minimum Gasteiger partial charge on any atom is -0.238 e. The summed E-state index contributed by atoms with van der Waals surface area (Å²) in [5.74, 6) is -0.126. The molecule has 0 spiro atoms. The molecule has 0 saturated carbocycles. The molecule has 0 radical (unpaired) electrons. The molecule has 0 atom stereocenters. The van der Waals surface area contributed by atoms with Crippen molar-refractivity contribution in [3.05, 3.63) is 216 Å². The number of thiophene rings is 6. The van der Waals surface area contributed by atoms with E-state index in [9.17, 15) is 4.39 Å². The van der Waals surface area contributed by atoms with Crippen LogP contribution in [0.4, 0.5) is 10.1 Å². The summed E-state index contributed by atoms with van der Waals surface area (Å²) in [7, 11) is 0. The summed E-state index contributed by atoms with van der Waals surface area (Å²) in [5.41, 5.74) is 3.40. The normalized spacial score (nSPS) is 8.95. The third-order valence-corrected chi connectivity index (χ3v) is 15.5. The Balaban J connectivity index is 0.000000845. The average Bonchev–Trinajstić information content (AvgIpc) is 4.35. The molecule has 0 amide bonds. The van der Waals surface area contributed by atoms with Gasteiger partial charge in [-0.1, -0.05) is 176 Å². The maximum atomic E-state index is 12.8. The minimum atomic E-state index is -0.750.